The first-order chi connectivity index (χ1) is 16.3. The third-order valence-corrected chi connectivity index (χ3v) is 5.55. The van der Waals surface area contributed by atoms with Gasteiger partial charge in [-0.3, -0.25) is 9.59 Å². The standard InChI is InChI=1S/C26H32N4O4/c1-5-30(17(2)3)21-12-10-20(11-13-21)29-25(32)16-34-26(33)24(28-18(4)31)14-19-15-27-23-9-7-6-8-22(19)23/h6-13,15,17,24,27H,5,14,16H2,1-4H3,(H,28,31)(H,29,32)/t24-/m0/s1. The van der Waals surface area contributed by atoms with E-state index < -0.39 is 24.5 Å². The zero-order chi connectivity index (χ0) is 24.7. The van der Waals surface area contributed by atoms with Gasteiger partial charge in [0.05, 0.1) is 0 Å². The Labute approximate surface area is 199 Å². The number of para-hydroxylation sites is 1. The number of carbonyl (C=O) groups excluding carboxylic acids is 3. The van der Waals surface area contributed by atoms with Crippen molar-refractivity contribution in [3.8, 4) is 0 Å². The molecule has 2 aromatic carbocycles. The van der Waals surface area contributed by atoms with E-state index >= 15 is 0 Å². The molecule has 0 aliphatic rings. The molecule has 0 saturated carbocycles. The van der Waals surface area contributed by atoms with Gasteiger partial charge in [-0.1, -0.05) is 18.2 Å². The quantitative estimate of drug-likeness (QED) is 0.398. The lowest BCUT2D eigenvalue weighted by molar-refractivity contribution is -0.150. The number of esters is 1. The van der Waals surface area contributed by atoms with Gasteiger partial charge >= 0.3 is 5.97 Å². The zero-order valence-electron chi connectivity index (χ0n) is 20.1. The highest BCUT2D eigenvalue weighted by Crippen LogP contribution is 2.21. The minimum absolute atomic E-state index is 0.245. The second-order valence-electron chi connectivity index (χ2n) is 8.40. The highest BCUT2D eigenvalue weighted by Gasteiger charge is 2.24. The molecule has 8 heteroatoms. The van der Waals surface area contributed by atoms with Crippen LogP contribution in [-0.4, -0.2) is 48.0 Å². The summed E-state index contributed by atoms with van der Waals surface area (Å²) in [5.74, 6) is -1.47. The van der Waals surface area contributed by atoms with E-state index in [1.54, 1.807) is 0 Å². The lowest BCUT2D eigenvalue weighted by Crippen LogP contribution is -2.43. The molecule has 2 amide bonds. The number of fused-ring (bicyclic) bond motifs is 1. The van der Waals surface area contributed by atoms with Gasteiger partial charge in [-0.15, -0.1) is 0 Å². The number of benzene rings is 2. The predicted molar refractivity (Wildman–Crippen MR) is 134 cm³/mol. The number of rotatable bonds is 10. The molecule has 0 aliphatic heterocycles. The highest BCUT2D eigenvalue weighted by molar-refractivity contribution is 5.94. The maximum absolute atomic E-state index is 12.7. The third kappa shape index (κ3) is 6.37. The van der Waals surface area contributed by atoms with Crippen molar-refractivity contribution in [2.45, 2.75) is 46.2 Å². The topological polar surface area (TPSA) is 104 Å². The molecule has 34 heavy (non-hydrogen) atoms. The average molecular weight is 465 g/mol. The van der Waals surface area contributed by atoms with Crippen molar-refractivity contribution in [3.05, 3.63) is 60.3 Å². The molecular formula is C26H32N4O4. The van der Waals surface area contributed by atoms with Gasteiger partial charge < -0.3 is 25.3 Å². The molecule has 3 aromatic rings. The molecule has 3 N–H and O–H groups in total. The van der Waals surface area contributed by atoms with Crippen LogP contribution in [-0.2, 0) is 25.5 Å². The summed E-state index contributed by atoms with van der Waals surface area (Å²) in [6.07, 6.45) is 2.05. The predicted octanol–water partition coefficient (Wildman–Crippen LogP) is 3.63. The van der Waals surface area contributed by atoms with Crippen LogP contribution in [0.2, 0.25) is 0 Å². The number of H-pyrrole nitrogens is 1. The summed E-state index contributed by atoms with van der Waals surface area (Å²) in [5, 5.41) is 6.32. The first-order valence-electron chi connectivity index (χ1n) is 11.4. The van der Waals surface area contributed by atoms with Crippen molar-refractivity contribution < 1.29 is 19.1 Å². The lowest BCUT2D eigenvalue weighted by atomic mass is 10.0. The molecule has 0 aliphatic carbocycles. The molecule has 0 saturated heterocycles. The van der Waals surface area contributed by atoms with Gasteiger partial charge in [-0.25, -0.2) is 4.79 Å². The summed E-state index contributed by atoms with van der Waals surface area (Å²) in [7, 11) is 0. The molecule has 3 rings (SSSR count). The average Bonchev–Trinajstić information content (AvgIpc) is 3.21. The van der Waals surface area contributed by atoms with Crippen LogP contribution in [0, 0.1) is 0 Å². The molecule has 1 atom stereocenters. The summed E-state index contributed by atoms with van der Waals surface area (Å²) < 4.78 is 5.23. The monoisotopic (exact) mass is 464 g/mol. The fraction of sp³-hybridized carbons (Fsp3) is 0.346. The Balaban J connectivity index is 1.58. The molecule has 0 radical (unpaired) electrons. The summed E-state index contributed by atoms with van der Waals surface area (Å²) in [6, 6.07) is 14.7. The second-order valence-corrected chi connectivity index (χ2v) is 8.40. The lowest BCUT2D eigenvalue weighted by Gasteiger charge is -2.27. The Morgan fingerprint density at radius 1 is 1.06 bits per heavy atom. The number of hydrogen-bond acceptors (Lipinski definition) is 5. The Hall–Kier alpha value is -3.81. The normalized spacial score (nSPS) is 11.8. The fourth-order valence-electron chi connectivity index (χ4n) is 3.98. The van der Waals surface area contributed by atoms with Gasteiger partial charge in [-0.05, 0) is 56.7 Å². The van der Waals surface area contributed by atoms with Crippen LogP contribution in [0.15, 0.2) is 54.7 Å². The minimum Gasteiger partial charge on any atom is -0.454 e. The van der Waals surface area contributed by atoms with Gasteiger partial charge in [0.1, 0.15) is 6.04 Å². The van der Waals surface area contributed by atoms with Gasteiger partial charge in [0.2, 0.25) is 5.91 Å². The molecule has 0 spiro atoms. The molecule has 180 valence electrons. The number of nitrogens with one attached hydrogen (secondary N) is 3. The van der Waals surface area contributed by atoms with Crippen LogP contribution in [0.3, 0.4) is 0 Å². The SMILES string of the molecule is CCN(c1ccc(NC(=O)COC(=O)[C@H](Cc2c[nH]c3ccccc23)NC(C)=O)cc1)C(C)C. The van der Waals surface area contributed by atoms with Gasteiger partial charge in [0.15, 0.2) is 6.61 Å². The van der Waals surface area contributed by atoms with Crippen LogP contribution in [0.1, 0.15) is 33.3 Å². The Bertz CT molecular complexity index is 1140. The van der Waals surface area contributed by atoms with E-state index in [2.05, 4.69) is 41.3 Å². The molecular weight excluding hydrogens is 432 g/mol. The van der Waals surface area contributed by atoms with Crippen molar-refractivity contribution in [1.82, 2.24) is 10.3 Å². The molecule has 0 fully saturated rings. The van der Waals surface area contributed by atoms with Crippen LogP contribution < -0.4 is 15.5 Å². The molecule has 0 unspecified atom stereocenters. The van der Waals surface area contributed by atoms with Crippen molar-refractivity contribution in [2.24, 2.45) is 0 Å². The largest absolute Gasteiger partial charge is 0.454 e. The maximum atomic E-state index is 12.7. The van der Waals surface area contributed by atoms with E-state index in [1.807, 2.05) is 54.7 Å². The van der Waals surface area contributed by atoms with Gasteiger partial charge in [-0.2, -0.15) is 0 Å². The number of aromatic amines is 1. The van der Waals surface area contributed by atoms with Crippen molar-refractivity contribution >= 4 is 40.1 Å². The Morgan fingerprint density at radius 2 is 1.76 bits per heavy atom. The first-order valence-corrected chi connectivity index (χ1v) is 11.4. The van der Waals surface area contributed by atoms with Crippen LogP contribution in [0.25, 0.3) is 10.9 Å². The summed E-state index contributed by atoms with van der Waals surface area (Å²) >= 11 is 0. The zero-order valence-corrected chi connectivity index (χ0v) is 20.1. The summed E-state index contributed by atoms with van der Waals surface area (Å²) in [6.45, 7) is 8.12. The van der Waals surface area contributed by atoms with Gasteiger partial charge in [0.25, 0.3) is 5.91 Å². The van der Waals surface area contributed by atoms with E-state index in [4.69, 9.17) is 4.74 Å². The van der Waals surface area contributed by atoms with E-state index in [0.29, 0.717) is 11.7 Å². The number of carbonyl (C=O) groups is 3. The van der Waals surface area contributed by atoms with Crippen LogP contribution in [0.5, 0.6) is 0 Å². The summed E-state index contributed by atoms with van der Waals surface area (Å²) in [4.78, 5) is 42.1. The second kappa shape index (κ2) is 11.4. The number of aromatic nitrogens is 1. The minimum atomic E-state index is -0.903. The molecule has 1 heterocycles. The van der Waals surface area contributed by atoms with E-state index in [9.17, 15) is 14.4 Å². The smallest absolute Gasteiger partial charge is 0.329 e. The molecule has 8 nitrogen and oxygen atoms in total. The molecule has 0 bridgehead atoms. The van der Waals surface area contributed by atoms with Crippen LogP contribution in [0.4, 0.5) is 11.4 Å². The number of anilines is 2. The van der Waals surface area contributed by atoms with Crippen molar-refractivity contribution in [1.29, 1.82) is 0 Å². The maximum Gasteiger partial charge on any atom is 0.329 e. The highest BCUT2D eigenvalue weighted by atomic mass is 16.5. The first kappa shape index (κ1) is 24.8. The number of nitrogens with zero attached hydrogens (tertiary/aromatic N) is 1. The van der Waals surface area contributed by atoms with Gasteiger partial charge in [0, 0.05) is 54.4 Å². The molecule has 1 aromatic heterocycles. The summed E-state index contributed by atoms with van der Waals surface area (Å²) in [5.41, 5.74) is 3.49. The van der Waals surface area contributed by atoms with Crippen molar-refractivity contribution in [2.75, 3.05) is 23.4 Å². The number of ether oxygens (including phenoxy) is 1. The third-order valence-electron chi connectivity index (χ3n) is 5.55. The number of amides is 2. The van der Waals surface area contributed by atoms with E-state index in [0.717, 1.165) is 28.7 Å². The number of hydrogen-bond donors (Lipinski definition) is 3. The van der Waals surface area contributed by atoms with E-state index in [-0.39, 0.29) is 12.3 Å². The van der Waals surface area contributed by atoms with Crippen LogP contribution >= 0.6 is 0 Å². The fourth-order valence-corrected chi connectivity index (χ4v) is 3.98. The Kier molecular flexibility index (Phi) is 8.29. The van der Waals surface area contributed by atoms with Crippen molar-refractivity contribution in [3.63, 3.8) is 0 Å². The van der Waals surface area contributed by atoms with E-state index in [1.165, 1.54) is 6.92 Å². The Morgan fingerprint density at radius 3 is 2.41 bits per heavy atom.